The molecule has 2 aromatic heterocycles. The lowest BCUT2D eigenvalue weighted by Gasteiger charge is -2.18. The number of nitrogens with one attached hydrogen (secondary N) is 1. The molecule has 0 aliphatic rings. The van der Waals surface area contributed by atoms with E-state index < -0.39 is 0 Å². The molecule has 0 aliphatic heterocycles. The smallest absolute Gasteiger partial charge is 0.237 e. The molecule has 0 saturated heterocycles. The van der Waals surface area contributed by atoms with E-state index in [1.54, 1.807) is 19.5 Å². The van der Waals surface area contributed by atoms with Crippen LogP contribution in [0.5, 0.6) is 5.88 Å². The molecular weight excluding hydrogens is 244 g/mol. The molecule has 0 amide bonds. The first-order valence-electron chi connectivity index (χ1n) is 5.79. The van der Waals surface area contributed by atoms with Crippen molar-refractivity contribution in [3.63, 3.8) is 0 Å². The topological polar surface area (TPSA) is 98.8 Å². The number of aryl methyl sites for hydroxylation is 2. The van der Waals surface area contributed by atoms with Crippen LogP contribution >= 0.6 is 0 Å². The zero-order valence-corrected chi connectivity index (χ0v) is 11.1. The average molecular weight is 260 g/mol. The summed E-state index contributed by atoms with van der Waals surface area (Å²) in [5.74, 6) is 6.09. The van der Waals surface area contributed by atoms with Gasteiger partial charge >= 0.3 is 0 Å². The van der Waals surface area contributed by atoms with Crippen LogP contribution in [-0.4, -0.2) is 27.3 Å². The summed E-state index contributed by atoms with van der Waals surface area (Å²) in [5, 5.41) is 8.10. The fourth-order valence-electron chi connectivity index (χ4n) is 1.87. The Bertz CT molecular complexity index is 574. The molecule has 0 radical (unpaired) electrons. The first-order chi connectivity index (χ1) is 9.17. The fraction of sp³-hybridized carbons (Fsp3) is 0.333. The highest BCUT2D eigenvalue weighted by atomic mass is 16.5. The SMILES string of the molecule is COc1nccnc1C(NN)c1cc(C)nnc1C. The maximum atomic E-state index is 5.66. The van der Waals surface area contributed by atoms with Crippen molar-refractivity contribution in [3.05, 3.63) is 41.1 Å². The number of hydrogen-bond acceptors (Lipinski definition) is 7. The molecule has 19 heavy (non-hydrogen) atoms. The van der Waals surface area contributed by atoms with Crippen molar-refractivity contribution in [2.75, 3.05) is 7.11 Å². The van der Waals surface area contributed by atoms with Gasteiger partial charge in [0.15, 0.2) is 0 Å². The molecule has 7 nitrogen and oxygen atoms in total. The lowest BCUT2D eigenvalue weighted by Crippen LogP contribution is -2.31. The van der Waals surface area contributed by atoms with E-state index in [1.807, 2.05) is 19.9 Å². The molecule has 1 unspecified atom stereocenters. The largest absolute Gasteiger partial charge is 0.480 e. The summed E-state index contributed by atoms with van der Waals surface area (Å²) >= 11 is 0. The highest BCUT2D eigenvalue weighted by Gasteiger charge is 2.22. The van der Waals surface area contributed by atoms with Gasteiger partial charge in [0.05, 0.1) is 24.5 Å². The van der Waals surface area contributed by atoms with Gasteiger partial charge < -0.3 is 4.74 Å². The molecule has 0 aromatic carbocycles. The standard InChI is InChI=1S/C12H16N6O/c1-7-6-9(8(2)18-17-7)10(16-13)11-12(19-3)15-5-4-14-11/h4-6,10,16H,13H2,1-3H3. The molecule has 0 bridgehead atoms. The van der Waals surface area contributed by atoms with E-state index in [0.717, 1.165) is 17.0 Å². The molecule has 0 saturated carbocycles. The highest BCUT2D eigenvalue weighted by Crippen LogP contribution is 2.27. The molecule has 1 atom stereocenters. The minimum absolute atomic E-state index is 0.349. The molecule has 7 heteroatoms. The highest BCUT2D eigenvalue weighted by molar-refractivity contribution is 5.34. The van der Waals surface area contributed by atoms with E-state index >= 15 is 0 Å². The van der Waals surface area contributed by atoms with Gasteiger partial charge in [-0.05, 0) is 19.9 Å². The van der Waals surface area contributed by atoms with Crippen LogP contribution in [0.4, 0.5) is 0 Å². The van der Waals surface area contributed by atoms with Crippen molar-refractivity contribution in [2.45, 2.75) is 19.9 Å². The lowest BCUT2D eigenvalue weighted by molar-refractivity contribution is 0.382. The van der Waals surface area contributed by atoms with E-state index in [1.165, 1.54) is 0 Å². The maximum Gasteiger partial charge on any atom is 0.237 e. The number of ether oxygens (including phenoxy) is 1. The molecule has 0 aliphatic carbocycles. The van der Waals surface area contributed by atoms with Gasteiger partial charge in [0.1, 0.15) is 5.69 Å². The molecule has 2 heterocycles. The van der Waals surface area contributed by atoms with Gasteiger partial charge in [-0.25, -0.2) is 10.4 Å². The molecule has 100 valence electrons. The van der Waals surface area contributed by atoms with E-state index in [2.05, 4.69) is 25.6 Å². The van der Waals surface area contributed by atoms with E-state index in [9.17, 15) is 0 Å². The summed E-state index contributed by atoms with van der Waals surface area (Å²) in [4.78, 5) is 8.42. The van der Waals surface area contributed by atoms with Crippen LogP contribution in [0.25, 0.3) is 0 Å². The van der Waals surface area contributed by atoms with E-state index in [4.69, 9.17) is 10.6 Å². The van der Waals surface area contributed by atoms with Crippen molar-refractivity contribution in [3.8, 4) is 5.88 Å². The first-order valence-corrected chi connectivity index (χ1v) is 5.79. The van der Waals surface area contributed by atoms with Crippen LogP contribution in [-0.2, 0) is 0 Å². The predicted octanol–water partition coefficient (Wildman–Crippen LogP) is 0.445. The molecule has 2 rings (SSSR count). The van der Waals surface area contributed by atoms with Gasteiger partial charge in [0.25, 0.3) is 0 Å². The summed E-state index contributed by atoms with van der Waals surface area (Å²) in [6.07, 6.45) is 3.16. The van der Waals surface area contributed by atoms with Crippen LogP contribution in [0, 0.1) is 13.8 Å². The Morgan fingerprint density at radius 1 is 1.21 bits per heavy atom. The van der Waals surface area contributed by atoms with Gasteiger partial charge in [-0.1, -0.05) is 0 Å². The molecular formula is C12H16N6O. The van der Waals surface area contributed by atoms with E-state index in [-0.39, 0.29) is 6.04 Å². The van der Waals surface area contributed by atoms with Gasteiger partial charge in [-0.3, -0.25) is 10.8 Å². The second kappa shape index (κ2) is 5.68. The summed E-state index contributed by atoms with van der Waals surface area (Å²) < 4.78 is 5.21. The van der Waals surface area contributed by atoms with Crippen molar-refractivity contribution in [1.82, 2.24) is 25.6 Å². The number of nitrogens with two attached hydrogens (primary N) is 1. The molecule has 0 fully saturated rings. The zero-order chi connectivity index (χ0) is 13.8. The molecule has 3 N–H and O–H groups in total. The van der Waals surface area contributed by atoms with Crippen LogP contribution < -0.4 is 16.0 Å². The van der Waals surface area contributed by atoms with Crippen LogP contribution in [0.2, 0.25) is 0 Å². The summed E-state index contributed by atoms with van der Waals surface area (Å²) in [6, 6.07) is 1.57. The third kappa shape index (κ3) is 2.67. The Balaban J connectivity index is 2.53. The van der Waals surface area contributed by atoms with E-state index in [0.29, 0.717) is 11.6 Å². The Kier molecular flexibility index (Phi) is 3.98. The fourth-order valence-corrected chi connectivity index (χ4v) is 1.87. The quantitative estimate of drug-likeness (QED) is 0.608. The minimum Gasteiger partial charge on any atom is -0.480 e. The molecule has 2 aromatic rings. The second-order valence-electron chi connectivity index (χ2n) is 4.08. The number of rotatable bonds is 4. The van der Waals surface area contributed by atoms with Gasteiger partial charge in [-0.15, -0.1) is 0 Å². The summed E-state index contributed by atoms with van der Waals surface area (Å²) in [6.45, 7) is 3.74. The van der Waals surface area contributed by atoms with Crippen LogP contribution in [0.15, 0.2) is 18.5 Å². The lowest BCUT2D eigenvalue weighted by atomic mass is 10.0. The first kappa shape index (κ1) is 13.3. The number of methoxy groups -OCH3 is 1. The van der Waals surface area contributed by atoms with Gasteiger partial charge in [0.2, 0.25) is 5.88 Å². The van der Waals surface area contributed by atoms with Crippen LogP contribution in [0.1, 0.15) is 28.7 Å². The average Bonchev–Trinajstić information content (AvgIpc) is 2.44. The van der Waals surface area contributed by atoms with Crippen molar-refractivity contribution >= 4 is 0 Å². The predicted molar refractivity (Wildman–Crippen MR) is 69.3 cm³/mol. The number of hydrogen-bond donors (Lipinski definition) is 2. The third-order valence-electron chi connectivity index (χ3n) is 2.78. The van der Waals surface area contributed by atoms with Crippen LogP contribution in [0.3, 0.4) is 0 Å². The second-order valence-corrected chi connectivity index (χ2v) is 4.08. The van der Waals surface area contributed by atoms with Gasteiger partial charge in [0, 0.05) is 18.0 Å². The number of nitrogens with zero attached hydrogens (tertiary/aromatic N) is 4. The van der Waals surface area contributed by atoms with Crippen molar-refractivity contribution in [1.29, 1.82) is 0 Å². The zero-order valence-electron chi connectivity index (χ0n) is 11.1. The Labute approximate surface area is 111 Å². The number of hydrazine groups is 1. The number of aromatic nitrogens is 4. The van der Waals surface area contributed by atoms with Gasteiger partial charge in [-0.2, -0.15) is 10.2 Å². The Morgan fingerprint density at radius 3 is 2.63 bits per heavy atom. The maximum absolute atomic E-state index is 5.66. The monoisotopic (exact) mass is 260 g/mol. The Hall–Kier alpha value is -2.12. The minimum atomic E-state index is -0.349. The summed E-state index contributed by atoms with van der Waals surface area (Å²) in [7, 11) is 1.55. The van der Waals surface area contributed by atoms with Crippen molar-refractivity contribution < 1.29 is 4.74 Å². The normalized spacial score (nSPS) is 12.2. The Morgan fingerprint density at radius 2 is 1.95 bits per heavy atom. The van der Waals surface area contributed by atoms with Crippen molar-refractivity contribution in [2.24, 2.45) is 5.84 Å². The third-order valence-corrected chi connectivity index (χ3v) is 2.78. The molecule has 0 spiro atoms. The summed E-state index contributed by atoms with van der Waals surface area (Å²) in [5.41, 5.74) is 5.83.